The van der Waals surface area contributed by atoms with Crippen molar-refractivity contribution in [3.8, 4) is 0 Å². The second-order valence-corrected chi connectivity index (χ2v) is 5.66. The molecule has 1 aliphatic heterocycles. The third-order valence-electron chi connectivity index (χ3n) is 4.02. The lowest BCUT2D eigenvalue weighted by atomic mass is 10.1. The Hall–Kier alpha value is -1.42. The molecule has 1 fully saturated rings. The SMILES string of the molecule is CCC1CCCCCN1c1ccc(/C(N)=N/O)c(Cl)c1. The first-order valence-electron chi connectivity index (χ1n) is 7.21. The average molecular weight is 296 g/mol. The number of halogens is 1. The van der Waals surface area contributed by atoms with Gasteiger partial charge in [0.2, 0.25) is 0 Å². The van der Waals surface area contributed by atoms with Crippen molar-refractivity contribution in [3.63, 3.8) is 0 Å². The molecule has 5 heteroatoms. The normalized spacial score (nSPS) is 20.8. The summed E-state index contributed by atoms with van der Waals surface area (Å²) in [6.07, 6.45) is 6.18. The Morgan fingerprint density at radius 2 is 2.25 bits per heavy atom. The Morgan fingerprint density at radius 1 is 1.45 bits per heavy atom. The number of oxime groups is 1. The third kappa shape index (κ3) is 3.18. The maximum Gasteiger partial charge on any atom is 0.171 e. The molecule has 1 aromatic carbocycles. The predicted molar refractivity (Wildman–Crippen MR) is 83.9 cm³/mol. The molecule has 3 N–H and O–H groups in total. The minimum atomic E-state index is 0.0458. The average Bonchev–Trinajstić information content (AvgIpc) is 2.71. The van der Waals surface area contributed by atoms with Crippen LogP contribution in [0.1, 0.15) is 44.6 Å². The second-order valence-electron chi connectivity index (χ2n) is 5.25. The van der Waals surface area contributed by atoms with E-state index in [2.05, 4.69) is 17.0 Å². The van der Waals surface area contributed by atoms with Crippen LogP contribution < -0.4 is 10.6 Å². The van der Waals surface area contributed by atoms with Crippen LogP contribution in [0.5, 0.6) is 0 Å². The number of hydrogen-bond donors (Lipinski definition) is 2. The number of hydrogen-bond acceptors (Lipinski definition) is 3. The van der Waals surface area contributed by atoms with E-state index in [1.807, 2.05) is 18.2 Å². The van der Waals surface area contributed by atoms with Gasteiger partial charge in [-0.2, -0.15) is 0 Å². The lowest BCUT2D eigenvalue weighted by Gasteiger charge is -2.31. The van der Waals surface area contributed by atoms with Gasteiger partial charge in [0.05, 0.1) is 5.02 Å². The van der Waals surface area contributed by atoms with Gasteiger partial charge in [0.1, 0.15) is 0 Å². The summed E-state index contributed by atoms with van der Waals surface area (Å²) in [6, 6.07) is 6.32. The summed E-state index contributed by atoms with van der Waals surface area (Å²) in [6.45, 7) is 3.30. The van der Waals surface area contributed by atoms with E-state index in [9.17, 15) is 0 Å². The van der Waals surface area contributed by atoms with Crippen molar-refractivity contribution < 1.29 is 5.21 Å². The summed E-state index contributed by atoms with van der Waals surface area (Å²) >= 11 is 6.26. The Kier molecular flexibility index (Phi) is 5.12. The van der Waals surface area contributed by atoms with Crippen LogP contribution >= 0.6 is 11.6 Å². The molecule has 1 heterocycles. The zero-order chi connectivity index (χ0) is 14.5. The summed E-state index contributed by atoms with van der Waals surface area (Å²) in [5.74, 6) is 0.0458. The van der Waals surface area contributed by atoms with E-state index in [4.69, 9.17) is 22.5 Å². The van der Waals surface area contributed by atoms with Gasteiger partial charge in [-0.3, -0.25) is 0 Å². The minimum absolute atomic E-state index is 0.0458. The fourth-order valence-electron chi connectivity index (χ4n) is 2.89. The second kappa shape index (κ2) is 6.84. The Balaban J connectivity index is 2.29. The highest BCUT2D eigenvalue weighted by Gasteiger charge is 2.20. The van der Waals surface area contributed by atoms with Crippen molar-refractivity contribution in [2.75, 3.05) is 11.4 Å². The summed E-state index contributed by atoms with van der Waals surface area (Å²) in [4.78, 5) is 2.44. The summed E-state index contributed by atoms with van der Waals surface area (Å²) in [5.41, 5.74) is 7.30. The zero-order valence-electron chi connectivity index (χ0n) is 11.8. The lowest BCUT2D eigenvalue weighted by Crippen LogP contribution is -2.34. The van der Waals surface area contributed by atoms with E-state index in [1.54, 1.807) is 0 Å². The Labute approximate surface area is 125 Å². The van der Waals surface area contributed by atoms with E-state index >= 15 is 0 Å². The van der Waals surface area contributed by atoms with E-state index < -0.39 is 0 Å². The molecular weight excluding hydrogens is 274 g/mol. The number of rotatable bonds is 3. The maximum absolute atomic E-state index is 8.74. The van der Waals surface area contributed by atoms with Gasteiger partial charge in [-0.05, 0) is 37.5 Å². The van der Waals surface area contributed by atoms with Crippen molar-refractivity contribution in [1.29, 1.82) is 0 Å². The molecule has 0 spiro atoms. The molecule has 1 saturated heterocycles. The molecule has 1 aliphatic rings. The molecule has 1 atom stereocenters. The van der Waals surface area contributed by atoms with E-state index in [0.29, 0.717) is 16.6 Å². The number of benzene rings is 1. The van der Waals surface area contributed by atoms with Gasteiger partial charge in [0, 0.05) is 23.8 Å². The van der Waals surface area contributed by atoms with Crippen LogP contribution in [0.4, 0.5) is 5.69 Å². The van der Waals surface area contributed by atoms with Gasteiger partial charge >= 0.3 is 0 Å². The van der Waals surface area contributed by atoms with Crippen LogP contribution in [0, 0.1) is 0 Å². The highest BCUT2D eigenvalue weighted by atomic mass is 35.5. The van der Waals surface area contributed by atoms with E-state index in [1.165, 1.54) is 25.7 Å². The summed E-state index contributed by atoms with van der Waals surface area (Å²) in [5, 5.41) is 12.3. The first-order chi connectivity index (χ1) is 9.67. The lowest BCUT2D eigenvalue weighted by molar-refractivity contribution is 0.318. The largest absolute Gasteiger partial charge is 0.409 e. The third-order valence-corrected chi connectivity index (χ3v) is 4.33. The Morgan fingerprint density at radius 3 is 2.90 bits per heavy atom. The molecule has 1 aromatic rings. The fourth-order valence-corrected chi connectivity index (χ4v) is 3.16. The van der Waals surface area contributed by atoms with Gasteiger partial charge in [-0.25, -0.2) is 0 Å². The standard InChI is InChI=1S/C15H22ClN3O/c1-2-11-6-4-3-5-9-19(11)12-7-8-13(14(16)10-12)15(17)18-20/h7-8,10-11,20H,2-6,9H2,1H3,(H2,17,18). The smallest absolute Gasteiger partial charge is 0.171 e. The molecule has 0 saturated carbocycles. The first kappa shape index (κ1) is 15.0. The van der Waals surface area contributed by atoms with Gasteiger partial charge < -0.3 is 15.8 Å². The van der Waals surface area contributed by atoms with E-state index in [0.717, 1.165) is 18.7 Å². The highest BCUT2D eigenvalue weighted by Crippen LogP contribution is 2.29. The molecule has 0 radical (unpaired) electrons. The van der Waals surface area contributed by atoms with Crippen LogP contribution in [0.25, 0.3) is 0 Å². The molecule has 0 aromatic heterocycles. The zero-order valence-corrected chi connectivity index (χ0v) is 12.6. The van der Waals surface area contributed by atoms with Crippen LogP contribution in [-0.4, -0.2) is 23.6 Å². The quantitative estimate of drug-likeness (QED) is 0.388. The van der Waals surface area contributed by atoms with Gasteiger partial charge in [-0.15, -0.1) is 0 Å². The number of nitrogens with zero attached hydrogens (tertiary/aromatic N) is 2. The molecule has 20 heavy (non-hydrogen) atoms. The molecule has 4 nitrogen and oxygen atoms in total. The number of nitrogens with two attached hydrogens (primary N) is 1. The highest BCUT2D eigenvalue weighted by molar-refractivity contribution is 6.34. The van der Waals surface area contributed by atoms with Crippen molar-refractivity contribution in [2.24, 2.45) is 10.9 Å². The maximum atomic E-state index is 8.74. The molecule has 0 aliphatic carbocycles. The molecule has 0 bridgehead atoms. The first-order valence-corrected chi connectivity index (χ1v) is 7.59. The molecule has 1 unspecified atom stereocenters. The number of amidine groups is 1. The van der Waals surface area contributed by atoms with Gasteiger partial charge in [-0.1, -0.05) is 36.5 Å². The van der Waals surface area contributed by atoms with Crippen molar-refractivity contribution in [3.05, 3.63) is 28.8 Å². The summed E-state index contributed by atoms with van der Waals surface area (Å²) in [7, 11) is 0. The van der Waals surface area contributed by atoms with Crippen molar-refractivity contribution >= 4 is 23.1 Å². The number of anilines is 1. The van der Waals surface area contributed by atoms with Gasteiger partial charge in [0.25, 0.3) is 0 Å². The van der Waals surface area contributed by atoms with Crippen LogP contribution in [0.2, 0.25) is 5.02 Å². The molecule has 2 rings (SSSR count). The van der Waals surface area contributed by atoms with Gasteiger partial charge in [0.15, 0.2) is 5.84 Å². The molecule has 0 amide bonds. The Bertz CT molecular complexity index is 490. The topological polar surface area (TPSA) is 61.8 Å². The van der Waals surface area contributed by atoms with E-state index in [-0.39, 0.29) is 5.84 Å². The minimum Gasteiger partial charge on any atom is -0.409 e. The fraction of sp³-hybridized carbons (Fsp3) is 0.533. The molecule has 110 valence electrons. The van der Waals surface area contributed by atoms with Crippen molar-refractivity contribution in [2.45, 2.75) is 45.1 Å². The van der Waals surface area contributed by atoms with Crippen LogP contribution in [-0.2, 0) is 0 Å². The molecular formula is C15H22ClN3O. The predicted octanol–water partition coefficient (Wildman–Crippen LogP) is 3.59. The van der Waals surface area contributed by atoms with Crippen molar-refractivity contribution in [1.82, 2.24) is 0 Å². The van der Waals surface area contributed by atoms with Crippen LogP contribution in [0.3, 0.4) is 0 Å². The monoisotopic (exact) mass is 295 g/mol. The van der Waals surface area contributed by atoms with Crippen LogP contribution in [0.15, 0.2) is 23.4 Å². The summed E-state index contributed by atoms with van der Waals surface area (Å²) < 4.78 is 0.